The van der Waals surface area contributed by atoms with Crippen LogP contribution in [0.1, 0.15) is 16.7 Å². The lowest BCUT2D eigenvalue weighted by molar-refractivity contribution is -0.123. The molecule has 0 spiro atoms. The molecule has 2 amide bonds. The van der Waals surface area contributed by atoms with Crippen LogP contribution in [-0.4, -0.2) is 24.1 Å². The second kappa shape index (κ2) is 6.71. The number of imide groups is 1. The summed E-state index contributed by atoms with van der Waals surface area (Å²) in [5.74, 6) is -0.876. The monoisotopic (exact) mass is 417 g/mol. The Labute approximate surface area is 178 Å². The predicted octanol–water partition coefficient (Wildman–Crippen LogP) is 3.60. The molecule has 6 rings (SSSR count). The number of aliphatic imine (C=N–C) groups is 1. The first kappa shape index (κ1) is 18.4. The number of fused-ring (bicyclic) bond motifs is 1. The van der Waals surface area contributed by atoms with Crippen LogP contribution in [0.2, 0.25) is 0 Å². The van der Waals surface area contributed by atoms with Gasteiger partial charge in [0.1, 0.15) is 5.58 Å². The van der Waals surface area contributed by atoms with Gasteiger partial charge in [0.05, 0.1) is 28.8 Å². The van der Waals surface area contributed by atoms with E-state index in [0.717, 1.165) is 29.6 Å². The summed E-state index contributed by atoms with van der Waals surface area (Å²) in [6.07, 6.45) is 6.13. The fourth-order valence-corrected chi connectivity index (χ4v) is 4.41. The van der Waals surface area contributed by atoms with Gasteiger partial charge in [-0.2, -0.15) is 0 Å². The van der Waals surface area contributed by atoms with Crippen LogP contribution in [-0.2, 0) is 16.0 Å². The molecule has 0 radical (unpaired) electrons. The summed E-state index contributed by atoms with van der Waals surface area (Å²) < 4.78 is 5.63. The van der Waals surface area contributed by atoms with Gasteiger partial charge in [-0.25, -0.2) is 0 Å². The van der Waals surface area contributed by atoms with Gasteiger partial charge in [-0.15, -0.1) is 12.4 Å². The van der Waals surface area contributed by atoms with Crippen molar-refractivity contribution in [2.45, 2.75) is 6.42 Å². The van der Waals surface area contributed by atoms with E-state index in [0.29, 0.717) is 22.4 Å². The molecule has 3 aromatic rings. The van der Waals surface area contributed by atoms with Gasteiger partial charge >= 0.3 is 0 Å². The van der Waals surface area contributed by atoms with Crippen molar-refractivity contribution < 1.29 is 14.0 Å². The van der Waals surface area contributed by atoms with Crippen LogP contribution in [0.25, 0.3) is 16.5 Å². The summed E-state index contributed by atoms with van der Waals surface area (Å²) in [7, 11) is 0. The number of anilines is 1. The highest BCUT2D eigenvalue weighted by atomic mass is 35.5. The largest absolute Gasteiger partial charge is 0.464 e. The number of hydrogen-bond acceptors (Lipinski definition) is 5. The Morgan fingerprint density at radius 2 is 1.77 bits per heavy atom. The van der Waals surface area contributed by atoms with E-state index >= 15 is 0 Å². The highest BCUT2D eigenvalue weighted by Crippen LogP contribution is 2.38. The molecular formula is C23H16ClN3O3. The normalized spacial score (nSPS) is 17.1. The van der Waals surface area contributed by atoms with Crippen molar-refractivity contribution in [2.75, 3.05) is 11.4 Å². The van der Waals surface area contributed by atoms with Crippen molar-refractivity contribution in [3.05, 3.63) is 83.4 Å². The fraction of sp³-hybridized carbons (Fsp3) is 0.0870. The van der Waals surface area contributed by atoms with E-state index in [1.165, 1.54) is 5.56 Å². The molecule has 1 N–H and O–H groups in total. The molecule has 3 aliphatic heterocycles. The van der Waals surface area contributed by atoms with Crippen molar-refractivity contribution in [1.82, 2.24) is 5.32 Å². The topological polar surface area (TPSA) is 74.9 Å². The molecule has 2 aromatic carbocycles. The summed E-state index contributed by atoms with van der Waals surface area (Å²) in [6, 6.07) is 13.4. The number of amides is 2. The van der Waals surface area contributed by atoms with E-state index in [1.54, 1.807) is 18.5 Å². The minimum atomic E-state index is -0.440. The molecule has 148 valence electrons. The lowest BCUT2D eigenvalue weighted by Gasteiger charge is -2.17. The maximum absolute atomic E-state index is 12.9. The van der Waals surface area contributed by atoms with Crippen LogP contribution >= 0.6 is 12.4 Å². The third-order valence-corrected chi connectivity index (χ3v) is 5.65. The molecule has 0 unspecified atom stereocenters. The van der Waals surface area contributed by atoms with Crippen LogP contribution in [0, 0.1) is 0 Å². The second-order valence-corrected chi connectivity index (χ2v) is 7.21. The summed E-state index contributed by atoms with van der Waals surface area (Å²) in [6.45, 7) is 0.869. The van der Waals surface area contributed by atoms with E-state index in [2.05, 4.69) is 21.3 Å². The molecule has 7 heteroatoms. The van der Waals surface area contributed by atoms with Gasteiger partial charge in [-0.1, -0.05) is 36.4 Å². The van der Waals surface area contributed by atoms with Gasteiger partial charge in [-0.3, -0.25) is 19.9 Å². The van der Waals surface area contributed by atoms with Crippen molar-refractivity contribution in [1.29, 1.82) is 0 Å². The third-order valence-electron chi connectivity index (χ3n) is 5.65. The highest BCUT2D eigenvalue weighted by molar-refractivity contribution is 6.48. The maximum atomic E-state index is 12.9. The lowest BCUT2D eigenvalue weighted by Crippen LogP contribution is -2.25. The Morgan fingerprint density at radius 1 is 0.967 bits per heavy atom. The Hall–Kier alpha value is -3.64. The Balaban J connectivity index is 0.00000193. The summed E-state index contributed by atoms with van der Waals surface area (Å²) in [5.41, 5.74) is 5.37. The molecule has 4 heterocycles. The molecule has 1 aromatic heterocycles. The number of carbonyl (C=O) groups is 2. The number of furan rings is 1. The number of carbonyl (C=O) groups excluding carboxylic acids is 2. The van der Waals surface area contributed by atoms with Gasteiger partial charge in [-0.05, 0) is 18.1 Å². The minimum Gasteiger partial charge on any atom is -0.464 e. The molecule has 0 saturated heterocycles. The molecule has 30 heavy (non-hydrogen) atoms. The standard InChI is InChI=1S/C23H15N3O3.ClH/c27-22-17(15-5-2-4-14-8-12-29-21(14)15)18(23(28)25-22)19-16-6-1-3-13-7-10-26(20(13)16)11-9-24-19;/h1-6,8-9,11-12H,7,10H2,(H,25,27,28);1H. The van der Waals surface area contributed by atoms with E-state index in [9.17, 15) is 9.59 Å². The Bertz CT molecular complexity index is 1330. The van der Waals surface area contributed by atoms with Crippen LogP contribution in [0.15, 0.2) is 76.1 Å². The van der Waals surface area contributed by atoms with Gasteiger partial charge in [0.25, 0.3) is 11.8 Å². The average molecular weight is 418 g/mol. The summed E-state index contributed by atoms with van der Waals surface area (Å²) in [5, 5.41) is 3.32. The number of para-hydroxylation sites is 2. The van der Waals surface area contributed by atoms with E-state index in [4.69, 9.17) is 4.42 Å². The Kier molecular flexibility index (Phi) is 4.11. The fourth-order valence-electron chi connectivity index (χ4n) is 4.41. The zero-order valence-electron chi connectivity index (χ0n) is 15.7. The zero-order chi connectivity index (χ0) is 19.5. The number of nitrogens with zero attached hydrogens (tertiary/aromatic N) is 2. The first-order valence-corrected chi connectivity index (χ1v) is 9.42. The number of halogens is 1. The zero-order valence-corrected chi connectivity index (χ0v) is 16.5. The van der Waals surface area contributed by atoms with Gasteiger partial charge in [0.2, 0.25) is 0 Å². The van der Waals surface area contributed by atoms with Crippen LogP contribution in [0.3, 0.4) is 0 Å². The molecular weight excluding hydrogens is 402 g/mol. The van der Waals surface area contributed by atoms with Gasteiger partial charge < -0.3 is 9.32 Å². The van der Waals surface area contributed by atoms with Crippen LogP contribution in [0.5, 0.6) is 0 Å². The molecule has 0 aliphatic carbocycles. The SMILES string of the molecule is Cl.O=C1NC(=O)C(c2cccc3ccoc23)=C1C1=NC=CN2CCc3cccc1c32. The Morgan fingerprint density at radius 3 is 2.67 bits per heavy atom. The van der Waals surface area contributed by atoms with Crippen LogP contribution < -0.4 is 10.2 Å². The van der Waals surface area contributed by atoms with Crippen molar-refractivity contribution >= 4 is 52.2 Å². The summed E-state index contributed by atoms with van der Waals surface area (Å²) in [4.78, 5) is 32.5. The molecule has 6 nitrogen and oxygen atoms in total. The van der Waals surface area contributed by atoms with Crippen molar-refractivity contribution in [3.8, 4) is 0 Å². The predicted molar refractivity (Wildman–Crippen MR) is 117 cm³/mol. The van der Waals surface area contributed by atoms with E-state index in [1.807, 2.05) is 36.5 Å². The molecule has 0 atom stereocenters. The first-order chi connectivity index (χ1) is 14.2. The molecule has 3 aliphatic rings. The van der Waals surface area contributed by atoms with Gasteiger partial charge in [0.15, 0.2) is 0 Å². The third kappa shape index (κ3) is 2.47. The summed E-state index contributed by atoms with van der Waals surface area (Å²) >= 11 is 0. The molecule has 0 bridgehead atoms. The quantitative estimate of drug-likeness (QED) is 0.646. The van der Waals surface area contributed by atoms with E-state index < -0.39 is 11.8 Å². The molecule has 0 fully saturated rings. The van der Waals surface area contributed by atoms with Crippen molar-refractivity contribution in [3.63, 3.8) is 0 Å². The highest BCUT2D eigenvalue weighted by Gasteiger charge is 2.38. The van der Waals surface area contributed by atoms with Crippen molar-refractivity contribution in [2.24, 2.45) is 4.99 Å². The lowest BCUT2D eigenvalue weighted by atomic mass is 9.92. The molecule has 0 saturated carbocycles. The average Bonchev–Trinajstić information content (AvgIpc) is 3.39. The first-order valence-electron chi connectivity index (χ1n) is 9.42. The number of benzene rings is 2. The van der Waals surface area contributed by atoms with Gasteiger partial charge in [0, 0.05) is 35.5 Å². The number of nitrogens with one attached hydrogen (secondary N) is 1. The van der Waals surface area contributed by atoms with E-state index in [-0.39, 0.29) is 18.0 Å². The second-order valence-electron chi connectivity index (χ2n) is 7.21. The minimum absolute atomic E-state index is 0. The van der Waals surface area contributed by atoms with Crippen LogP contribution in [0.4, 0.5) is 5.69 Å². The maximum Gasteiger partial charge on any atom is 0.261 e. The number of rotatable bonds is 2. The number of hydrogen-bond donors (Lipinski definition) is 1. The smallest absolute Gasteiger partial charge is 0.261 e.